The fourth-order valence-electron chi connectivity index (χ4n) is 3.35. The molecule has 3 aromatic rings. The summed E-state index contributed by atoms with van der Waals surface area (Å²) < 4.78 is 10.8. The van der Waals surface area contributed by atoms with Crippen LogP contribution in [0.1, 0.15) is 36.7 Å². The summed E-state index contributed by atoms with van der Waals surface area (Å²) in [5.41, 5.74) is -0.319. The molecule has 0 aliphatic carbocycles. The van der Waals surface area contributed by atoms with Gasteiger partial charge >= 0.3 is 12.1 Å². The standard InChI is InChI=1S/C27H25Cl2N3O7/c1-27(2,3)39-26(35)31-22(13-16-7-5-4-6-8-16)25(34)38-23-12-9-17(28)14-19(23)24(33)30-21-11-10-18(32(36)37)15-20(21)29/h4-12,14-15,22H,13H2,1-3H3,(H,30,33)(H,31,35)/t22-/m0/s1. The molecule has 3 rings (SSSR count). The molecule has 12 heteroatoms. The van der Waals surface area contributed by atoms with Crippen LogP contribution in [0.5, 0.6) is 5.75 Å². The third-order valence-electron chi connectivity index (χ3n) is 5.07. The van der Waals surface area contributed by atoms with E-state index in [1.54, 1.807) is 45.0 Å². The Morgan fingerprint density at radius 1 is 1.00 bits per heavy atom. The van der Waals surface area contributed by atoms with Crippen molar-refractivity contribution >= 4 is 52.5 Å². The summed E-state index contributed by atoms with van der Waals surface area (Å²) in [6.45, 7) is 5.06. The number of nitro groups is 1. The predicted octanol–water partition coefficient (Wildman–Crippen LogP) is 6.20. The third-order valence-corrected chi connectivity index (χ3v) is 5.61. The van der Waals surface area contributed by atoms with Crippen molar-refractivity contribution in [3.05, 3.63) is 98.0 Å². The van der Waals surface area contributed by atoms with Crippen LogP contribution in [0.3, 0.4) is 0 Å². The average molecular weight is 574 g/mol. The van der Waals surface area contributed by atoms with Gasteiger partial charge in [-0.05, 0) is 50.6 Å². The minimum atomic E-state index is -1.15. The molecule has 0 saturated carbocycles. The van der Waals surface area contributed by atoms with E-state index in [9.17, 15) is 24.5 Å². The first-order chi connectivity index (χ1) is 18.3. The maximum absolute atomic E-state index is 13.2. The summed E-state index contributed by atoms with van der Waals surface area (Å²) in [6.07, 6.45) is -0.728. The highest BCUT2D eigenvalue weighted by Crippen LogP contribution is 2.29. The van der Waals surface area contributed by atoms with E-state index in [0.29, 0.717) is 0 Å². The van der Waals surface area contributed by atoms with E-state index in [1.165, 1.54) is 30.3 Å². The molecule has 39 heavy (non-hydrogen) atoms. The lowest BCUT2D eigenvalue weighted by Crippen LogP contribution is -2.46. The molecule has 0 saturated heterocycles. The lowest BCUT2D eigenvalue weighted by molar-refractivity contribution is -0.384. The van der Waals surface area contributed by atoms with Crippen molar-refractivity contribution in [3.8, 4) is 5.75 Å². The van der Waals surface area contributed by atoms with Crippen molar-refractivity contribution in [2.75, 3.05) is 5.32 Å². The van der Waals surface area contributed by atoms with E-state index in [2.05, 4.69) is 10.6 Å². The van der Waals surface area contributed by atoms with E-state index in [4.69, 9.17) is 32.7 Å². The van der Waals surface area contributed by atoms with Gasteiger partial charge in [0, 0.05) is 23.6 Å². The van der Waals surface area contributed by atoms with Crippen molar-refractivity contribution in [2.24, 2.45) is 0 Å². The smallest absolute Gasteiger partial charge is 0.408 e. The van der Waals surface area contributed by atoms with Crippen LogP contribution in [0, 0.1) is 10.1 Å². The molecule has 3 aromatic carbocycles. The second-order valence-electron chi connectivity index (χ2n) is 9.33. The molecule has 0 heterocycles. The van der Waals surface area contributed by atoms with Crippen molar-refractivity contribution in [3.63, 3.8) is 0 Å². The zero-order valence-electron chi connectivity index (χ0n) is 21.2. The number of non-ortho nitro benzene ring substituents is 1. The van der Waals surface area contributed by atoms with Gasteiger partial charge in [-0.2, -0.15) is 0 Å². The molecular formula is C27H25Cl2N3O7. The molecule has 1 atom stereocenters. The van der Waals surface area contributed by atoms with Gasteiger partial charge in [0.25, 0.3) is 11.6 Å². The van der Waals surface area contributed by atoms with Gasteiger partial charge < -0.3 is 20.1 Å². The number of hydrogen-bond acceptors (Lipinski definition) is 7. The summed E-state index contributed by atoms with van der Waals surface area (Å²) >= 11 is 12.2. The number of anilines is 1. The molecule has 0 aliphatic heterocycles. The molecular weight excluding hydrogens is 549 g/mol. The Morgan fingerprint density at radius 2 is 1.69 bits per heavy atom. The minimum Gasteiger partial charge on any atom is -0.444 e. The first-order valence-electron chi connectivity index (χ1n) is 11.6. The van der Waals surface area contributed by atoms with Gasteiger partial charge in [0.2, 0.25) is 0 Å². The molecule has 0 radical (unpaired) electrons. The number of benzene rings is 3. The normalized spacial score (nSPS) is 11.7. The number of esters is 1. The lowest BCUT2D eigenvalue weighted by atomic mass is 10.1. The molecule has 2 N–H and O–H groups in total. The van der Waals surface area contributed by atoms with Crippen LogP contribution >= 0.6 is 23.2 Å². The predicted molar refractivity (Wildman–Crippen MR) is 146 cm³/mol. The number of nitro benzene ring substituents is 1. The number of rotatable bonds is 8. The maximum Gasteiger partial charge on any atom is 0.408 e. The van der Waals surface area contributed by atoms with Crippen molar-refractivity contribution < 1.29 is 28.8 Å². The van der Waals surface area contributed by atoms with E-state index < -0.39 is 34.5 Å². The van der Waals surface area contributed by atoms with Gasteiger partial charge in [0.15, 0.2) is 0 Å². The Kier molecular flexibility index (Phi) is 9.50. The van der Waals surface area contributed by atoms with Gasteiger partial charge in [-0.1, -0.05) is 53.5 Å². The molecule has 0 unspecified atom stereocenters. The van der Waals surface area contributed by atoms with Crippen LogP contribution in [0.25, 0.3) is 0 Å². The van der Waals surface area contributed by atoms with E-state index in [0.717, 1.165) is 11.6 Å². The summed E-state index contributed by atoms with van der Waals surface area (Å²) in [4.78, 5) is 49.1. The van der Waals surface area contributed by atoms with Crippen LogP contribution in [-0.2, 0) is 16.0 Å². The van der Waals surface area contributed by atoms with Crippen LogP contribution in [0.15, 0.2) is 66.7 Å². The number of carbonyl (C=O) groups excluding carboxylic acids is 3. The zero-order chi connectivity index (χ0) is 28.7. The fourth-order valence-corrected chi connectivity index (χ4v) is 3.74. The highest BCUT2D eigenvalue weighted by molar-refractivity contribution is 6.34. The van der Waals surface area contributed by atoms with Crippen molar-refractivity contribution in [2.45, 2.75) is 38.8 Å². The number of amides is 2. The molecule has 0 fully saturated rings. The summed E-state index contributed by atoms with van der Waals surface area (Å²) in [6, 6.07) is 15.4. The molecule has 204 valence electrons. The number of carbonyl (C=O) groups is 3. The number of ether oxygens (including phenoxy) is 2. The van der Waals surface area contributed by atoms with Crippen LogP contribution in [0.4, 0.5) is 16.2 Å². The van der Waals surface area contributed by atoms with Crippen molar-refractivity contribution in [1.82, 2.24) is 5.32 Å². The van der Waals surface area contributed by atoms with Crippen LogP contribution in [-0.4, -0.2) is 34.5 Å². The number of nitrogens with zero attached hydrogens (tertiary/aromatic N) is 1. The lowest BCUT2D eigenvalue weighted by Gasteiger charge is -2.23. The van der Waals surface area contributed by atoms with E-state index in [1.807, 2.05) is 6.07 Å². The van der Waals surface area contributed by atoms with Crippen LogP contribution < -0.4 is 15.4 Å². The maximum atomic E-state index is 13.2. The Bertz CT molecular complexity index is 1390. The highest BCUT2D eigenvalue weighted by Gasteiger charge is 2.28. The highest BCUT2D eigenvalue weighted by atomic mass is 35.5. The van der Waals surface area contributed by atoms with Gasteiger partial charge in [-0.15, -0.1) is 0 Å². The average Bonchev–Trinajstić information content (AvgIpc) is 2.85. The fraction of sp³-hybridized carbons (Fsp3) is 0.222. The monoisotopic (exact) mass is 573 g/mol. The zero-order valence-corrected chi connectivity index (χ0v) is 22.7. The Labute approximate surface area is 234 Å². The second kappa shape index (κ2) is 12.6. The van der Waals surface area contributed by atoms with Gasteiger partial charge in [0.1, 0.15) is 17.4 Å². The summed E-state index contributed by atoms with van der Waals surface area (Å²) in [7, 11) is 0. The number of alkyl carbamates (subject to hydrolysis) is 1. The van der Waals surface area contributed by atoms with E-state index in [-0.39, 0.29) is 39.2 Å². The molecule has 2 amide bonds. The van der Waals surface area contributed by atoms with Crippen molar-refractivity contribution in [1.29, 1.82) is 0 Å². The van der Waals surface area contributed by atoms with Gasteiger partial charge in [0.05, 0.1) is 21.2 Å². The topological polar surface area (TPSA) is 137 Å². The van der Waals surface area contributed by atoms with Gasteiger partial charge in [-0.3, -0.25) is 14.9 Å². The Hall–Kier alpha value is -4.15. The van der Waals surface area contributed by atoms with Gasteiger partial charge in [-0.25, -0.2) is 9.59 Å². The molecule has 0 spiro atoms. The van der Waals surface area contributed by atoms with E-state index >= 15 is 0 Å². The first kappa shape index (κ1) is 29.4. The SMILES string of the molecule is CC(C)(C)OC(=O)N[C@@H](Cc1ccccc1)C(=O)Oc1ccc(Cl)cc1C(=O)Nc1ccc([N+](=O)[O-])cc1Cl. The Balaban J connectivity index is 1.85. The quantitative estimate of drug-likeness (QED) is 0.142. The molecule has 0 aliphatic rings. The first-order valence-corrected chi connectivity index (χ1v) is 12.4. The second-order valence-corrected chi connectivity index (χ2v) is 10.2. The number of nitrogens with one attached hydrogen (secondary N) is 2. The largest absolute Gasteiger partial charge is 0.444 e. The number of hydrogen-bond donors (Lipinski definition) is 2. The third kappa shape index (κ3) is 8.69. The Morgan fingerprint density at radius 3 is 2.31 bits per heavy atom. The number of halogens is 2. The summed E-state index contributed by atoms with van der Waals surface area (Å²) in [5.74, 6) is -1.73. The molecule has 10 nitrogen and oxygen atoms in total. The molecule has 0 bridgehead atoms. The summed E-state index contributed by atoms with van der Waals surface area (Å²) in [5, 5.41) is 16.1. The minimum absolute atomic E-state index is 0.0670. The van der Waals surface area contributed by atoms with Crippen LogP contribution in [0.2, 0.25) is 10.0 Å². The molecule has 0 aromatic heterocycles.